The fourth-order valence-electron chi connectivity index (χ4n) is 6.59. The molecule has 1 amide bonds. The molecule has 2 bridgehead atoms. The van der Waals surface area contributed by atoms with E-state index in [9.17, 15) is 14.7 Å². The van der Waals surface area contributed by atoms with Crippen molar-refractivity contribution in [2.24, 2.45) is 11.8 Å². The summed E-state index contributed by atoms with van der Waals surface area (Å²) in [6, 6.07) is 7.72. The normalized spacial score (nSPS) is 25.8. The third kappa shape index (κ3) is 5.83. The van der Waals surface area contributed by atoms with Gasteiger partial charge in [-0.05, 0) is 42.7 Å². The van der Waals surface area contributed by atoms with Crippen molar-refractivity contribution in [3.05, 3.63) is 53.2 Å². The number of aliphatic carboxylic acids is 1. The lowest BCUT2D eigenvalue weighted by molar-refractivity contribution is -0.136. The molecule has 3 aliphatic rings. The molecule has 3 fully saturated rings. The second-order valence-electron chi connectivity index (χ2n) is 10.9. The maximum absolute atomic E-state index is 12.7. The van der Waals surface area contributed by atoms with E-state index in [0.717, 1.165) is 42.7 Å². The molecule has 0 spiro atoms. The minimum atomic E-state index is -0.833. The Morgan fingerprint density at radius 1 is 1.00 bits per heavy atom. The van der Waals surface area contributed by atoms with E-state index in [1.165, 1.54) is 44.8 Å². The van der Waals surface area contributed by atoms with Gasteiger partial charge in [0, 0.05) is 12.5 Å². The van der Waals surface area contributed by atoms with Crippen LogP contribution in [0.5, 0.6) is 0 Å². The maximum Gasteiger partial charge on any atom is 0.307 e. The van der Waals surface area contributed by atoms with E-state index in [4.69, 9.17) is 9.15 Å². The van der Waals surface area contributed by atoms with Crippen molar-refractivity contribution in [3.63, 3.8) is 0 Å². The van der Waals surface area contributed by atoms with Crippen LogP contribution in [0.25, 0.3) is 0 Å². The predicted molar refractivity (Wildman–Crippen MR) is 135 cm³/mol. The van der Waals surface area contributed by atoms with Crippen LogP contribution in [-0.4, -0.2) is 40.7 Å². The fraction of sp³-hybridized carbons (Fsp3) is 0.621. The average molecular weight is 495 g/mol. The van der Waals surface area contributed by atoms with Crippen molar-refractivity contribution in [2.45, 2.75) is 95.2 Å². The lowest BCUT2D eigenvalue weighted by Crippen LogP contribution is -2.28. The lowest BCUT2D eigenvalue weighted by Gasteiger charge is -2.26. The van der Waals surface area contributed by atoms with Crippen LogP contribution < -0.4 is 5.32 Å². The van der Waals surface area contributed by atoms with E-state index >= 15 is 0 Å². The van der Waals surface area contributed by atoms with Gasteiger partial charge in [0.05, 0.1) is 24.5 Å². The Kier molecular flexibility index (Phi) is 8.05. The van der Waals surface area contributed by atoms with Crippen molar-refractivity contribution < 1.29 is 23.8 Å². The highest BCUT2D eigenvalue weighted by Gasteiger charge is 2.51. The standard InChI is InChI=1S/C29H38N2O5/c32-26(33)17-21-12-5-4-11-20(21)16-22-24-13-14-25(36-24)27(22)29-31-23(18-35-29)28(34)30-15-7-6-10-19-8-2-1-3-9-19/h4-5,11-12,18-19,22,24-25,27H,1-3,6-10,13-17H2,(H,30,34)(H,32,33)/t22-,24-,25+,27-/m0/s1. The van der Waals surface area contributed by atoms with Crippen LogP contribution in [0, 0.1) is 11.8 Å². The van der Waals surface area contributed by atoms with Crippen molar-refractivity contribution >= 4 is 11.9 Å². The summed E-state index contributed by atoms with van der Waals surface area (Å²) in [5, 5.41) is 12.3. The molecule has 2 aromatic rings. The van der Waals surface area contributed by atoms with Gasteiger partial charge in [0.2, 0.25) is 5.89 Å². The van der Waals surface area contributed by atoms with Crippen LogP contribution >= 0.6 is 0 Å². The zero-order valence-corrected chi connectivity index (χ0v) is 21.0. The molecule has 1 aromatic heterocycles. The number of hydrogen-bond donors (Lipinski definition) is 2. The van der Waals surface area contributed by atoms with Gasteiger partial charge in [0.25, 0.3) is 5.91 Å². The van der Waals surface area contributed by atoms with Gasteiger partial charge in [-0.15, -0.1) is 0 Å². The Labute approximate surface area is 213 Å². The SMILES string of the molecule is O=C(O)Cc1ccccc1C[C@@H]1[C@H](c2nc(C(=O)NCCCCC3CCCCC3)co2)[C@H]2CC[C@@H]1O2. The molecular weight excluding hydrogens is 456 g/mol. The Morgan fingerprint density at radius 2 is 1.78 bits per heavy atom. The van der Waals surface area contributed by atoms with E-state index in [1.54, 1.807) is 0 Å². The van der Waals surface area contributed by atoms with Crippen LogP contribution in [0.1, 0.15) is 97.6 Å². The summed E-state index contributed by atoms with van der Waals surface area (Å²) < 4.78 is 12.1. The number of hydrogen-bond acceptors (Lipinski definition) is 5. The van der Waals surface area contributed by atoms with E-state index in [1.807, 2.05) is 24.3 Å². The number of nitrogens with zero attached hydrogens (tertiary/aromatic N) is 1. The molecule has 194 valence electrons. The van der Waals surface area contributed by atoms with Gasteiger partial charge in [0.1, 0.15) is 6.26 Å². The van der Waals surface area contributed by atoms with Crippen LogP contribution in [0.4, 0.5) is 0 Å². The molecule has 36 heavy (non-hydrogen) atoms. The van der Waals surface area contributed by atoms with Crippen LogP contribution in [0.2, 0.25) is 0 Å². The number of oxazole rings is 1. The highest BCUT2D eigenvalue weighted by Crippen LogP contribution is 2.50. The molecule has 7 nitrogen and oxygen atoms in total. The summed E-state index contributed by atoms with van der Waals surface area (Å²) in [6.07, 6.45) is 14.5. The number of rotatable bonds is 11. The van der Waals surface area contributed by atoms with Gasteiger partial charge in [-0.1, -0.05) is 69.2 Å². The van der Waals surface area contributed by atoms with E-state index in [-0.39, 0.29) is 36.4 Å². The van der Waals surface area contributed by atoms with Crippen LogP contribution in [0.15, 0.2) is 34.9 Å². The first-order valence-corrected chi connectivity index (χ1v) is 13.8. The first-order chi connectivity index (χ1) is 17.6. The van der Waals surface area contributed by atoms with Gasteiger partial charge in [0.15, 0.2) is 5.69 Å². The monoisotopic (exact) mass is 494 g/mol. The zero-order chi connectivity index (χ0) is 24.9. The number of fused-ring (bicyclic) bond motifs is 2. The molecule has 1 saturated carbocycles. The molecule has 2 N–H and O–H groups in total. The molecule has 2 saturated heterocycles. The number of ether oxygens (including phenoxy) is 1. The number of amides is 1. The quantitative estimate of drug-likeness (QED) is 0.412. The molecule has 2 aliphatic heterocycles. The Balaban J connectivity index is 1.17. The third-order valence-corrected chi connectivity index (χ3v) is 8.43. The Bertz CT molecular complexity index is 1040. The average Bonchev–Trinajstić information content (AvgIpc) is 3.62. The van der Waals surface area contributed by atoms with Gasteiger partial charge >= 0.3 is 5.97 Å². The summed E-state index contributed by atoms with van der Waals surface area (Å²) in [4.78, 5) is 28.6. The van der Waals surface area contributed by atoms with Gasteiger partial charge < -0.3 is 19.6 Å². The Morgan fingerprint density at radius 3 is 2.58 bits per heavy atom. The molecule has 3 heterocycles. The minimum absolute atomic E-state index is 0.00644. The summed E-state index contributed by atoms with van der Waals surface area (Å²) in [6.45, 7) is 0.661. The number of carboxylic acid groups (broad SMARTS) is 1. The van der Waals surface area contributed by atoms with Gasteiger partial charge in [-0.25, -0.2) is 4.98 Å². The van der Waals surface area contributed by atoms with E-state index < -0.39 is 5.97 Å². The minimum Gasteiger partial charge on any atom is -0.481 e. The number of carbonyl (C=O) groups is 2. The summed E-state index contributed by atoms with van der Waals surface area (Å²) in [5.74, 6) is 0.535. The third-order valence-electron chi connectivity index (χ3n) is 8.43. The van der Waals surface area contributed by atoms with Crippen molar-refractivity contribution in [1.29, 1.82) is 0 Å². The number of benzene rings is 1. The number of carbonyl (C=O) groups excluding carboxylic acids is 1. The lowest BCUT2D eigenvalue weighted by atomic mass is 9.75. The molecule has 0 radical (unpaired) electrons. The number of unbranched alkanes of at least 4 members (excludes halogenated alkanes) is 1. The van der Waals surface area contributed by atoms with Crippen LogP contribution in [-0.2, 0) is 22.4 Å². The molecular formula is C29H38N2O5. The summed E-state index contributed by atoms with van der Waals surface area (Å²) in [5.41, 5.74) is 2.19. The number of nitrogens with one attached hydrogen (secondary N) is 1. The first kappa shape index (κ1) is 25.0. The van der Waals surface area contributed by atoms with E-state index in [0.29, 0.717) is 24.6 Å². The Hall–Kier alpha value is -2.67. The van der Waals surface area contributed by atoms with Crippen LogP contribution in [0.3, 0.4) is 0 Å². The molecule has 7 heteroatoms. The topological polar surface area (TPSA) is 102 Å². The molecule has 1 aliphatic carbocycles. The second kappa shape index (κ2) is 11.6. The molecule has 4 atom stereocenters. The second-order valence-corrected chi connectivity index (χ2v) is 10.9. The van der Waals surface area contributed by atoms with Crippen molar-refractivity contribution in [1.82, 2.24) is 10.3 Å². The molecule has 1 aromatic carbocycles. The highest BCUT2D eigenvalue weighted by atomic mass is 16.5. The smallest absolute Gasteiger partial charge is 0.307 e. The highest BCUT2D eigenvalue weighted by molar-refractivity contribution is 5.91. The molecule has 0 unspecified atom stereocenters. The predicted octanol–water partition coefficient (Wildman–Crippen LogP) is 5.29. The van der Waals surface area contributed by atoms with Gasteiger partial charge in [-0.3, -0.25) is 9.59 Å². The van der Waals surface area contributed by atoms with Gasteiger partial charge in [-0.2, -0.15) is 0 Å². The summed E-state index contributed by atoms with van der Waals surface area (Å²) >= 11 is 0. The first-order valence-electron chi connectivity index (χ1n) is 13.8. The van der Waals surface area contributed by atoms with E-state index in [2.05, 4.69) is 10.3 Å². The largest absolute Gasteiger partial charge is 0.481 e. The molecule has 5 rings (SSSR count). The van der Waals surface area contributed by atoms with Crippen molar-refractivity contribution in [2.75, 3.05) is 6.54 Å². The maximum atomic E-state index is 12.7. The number of aromatic nitrogens is 1. The van der Waals surface area contributed by atoms with Crippen molar-refractivity contribution in [3.8, 4) is 0 Å². The zero-order valence-electron chi connectivity index (χ0n) is 21.0. The summed E-state index contributed by atoms with van der Waals surface area (Å²) in [7, 11) is 0. The fourth-order valence-corrected chi connectivity index (χ4v) is 6.59. The number of carboxylic acids is 1.